The van der Waals surface area contributed by atoms with E-state index in [2.05, 4.69) is 20.4 Å². The van der Waals surface area contributed by atoms with Crippen LogP contribution >= 0.6 is 0 Å². The number of amides is 2. The van der Waals surface area contributed by atoms with Crippen molar-refractivity contribution in [3.05, 3.63) is 0 Å². The van der Waals surface area contributed by atoms with Gasteiger partial charge in [-0.05, 0) is 0 Å². The summed E-state index contributed by atoms with van der Waals surface area (Å²) < 4.78 is 5.28. The molecule has 2 aliphatic rings. The van der Waals surface area contributed by atoms with Crippen LogP contribution in [0.25, 0.3) is 0 Å². The van der Waals surface area contributed by atoms with Gasteiger partial charge in [-0.2, -0.15) is 0 Å². The summed E-state index contributed by atoms with van der Waals surface area (Å²) in [6.45, 7) is 7.05. The van der Waals surface area contributed by atoms with Gasteiger partial charge in [0.25, 0.3) is 0 Å². The summed E-state index contributed by atoms with van der Waals surface area (Å²) in [6, 6.07) is -0.0716. The van der Waals surface area contributed by atoms with Crippen molar-refractivity contribution in [3.8, 4) is 0 Å². The largest absolute Gasteiger partial charge is 0.379 e. The van der Waals surface area contributed by atoms with Crippen LogP contribution in [0.15, 0.2) is 0 Å². The van der Waals surface area contributed by atoms with Crippen LogP contribution in [0.3, 0.4) is 0 Å². The third-order valence-electron chi connectivity index (χ3n) is 2.76. The summed E-state index contributed by atoms with van der Waals surface area (Å²) in [5.41, 5.74) is 0. The molecule has 2 fully saturated rings. The maximum absolute atomic E-state index is 10.8. The van der Waals surface area contributed by atoms with Crippen LogP contribution < -0.4 is 10.6 Å². The van der Waals surface area contributed by atoms with Crippen molar-refractivity contribution in [2.75, 3.05) is 52.7 Å². The first-order chi connectivity index (χ1) is 7.34. The number of hydrogen-bond acceptors (Lipinski definition) is 4. The number of carbonyl (C=O) groups is 1. The van der Waals surface area contributed by atoms with Crippen molar-refractivity contribution in [1.82, 2.24) is 20.4 Å². The first kappa shape index (κ1) is 10.7. The summed E-state index contributed by atoms with van der Waals surface area (Å²) >= 11 is 0. The van der Waals surface area contributed by atoms with Crippen LogP contribution in [0.1, 0.15) is 0 Å². The topological polar surface area (TPSA) is 56.8 Å². The van der Waals surface area contributed by atoms with Gasteiger partial charge in [0.05, 0.1) is 26.6 Å². The number of nitrogens with one attached hydrogen (secondary N) is 2. The highest BCUT2D eigenvalue weighted by Gasteiger charge is 2.15. The normalized spacial score (nSPS) is 24.7. The van der Waals surface area contributed by atoms with Gasteiger partial charge in [0.2, 0.25) is 0 Å². The Hall–Kier alpha value is -0.850. The summed E-state index contributed by atoms with van der Waals surface area (Å²) in [4.78, 5) is 15.4. The van der Waals surface area contributed by atoms with Crippen LogP contribution in [0.4, 0.5) is 4.79 Å². The average molecular weight is 214 g/mol. The van der Waals surface area contributed by atoms with E-state index in [9.17, 15) is 4.79 Å². The van der Waals surface area contributed by atoms with Crippen LogP contribution in [-0.4, -0.2) is 68.6 Å². The molecule has 6 heteroatoms. The maximum atomic E-state index is 10.8. The van der Waals surface area contributed by atoms with Gasteiger partial charge in [-0.3, -0.25) is 9.80 Å². The SMILES string of the molecule is O=C1NCN(CCN2CCOCC2)CN1. The molecule has 0 radical (unpaired) electrons. The summed E-state index contributed by atoms with van der Waals surface area (Å²) in [5.74, 6) is 0. The van der Waals surface area contributed by atoms with Gasteiger partial charge in [0.1, 0.15) is 0 Å². The lowest BCUT2D eigenvalue weighted by atomic mass is 10.4. The van der Waals surface area contributed by atoms with Gasteiger partial charge in [0, 0.05) is 26.2 Å². The predicted molar refractivity (Wildman–Crippen MR) is 55.4 cm³/mol. The monoisotopic (exact) mass is 214 g/mol. The van der Waals surface area contributed by atoms with Gasteiger partial charge in [-0.25, -0.2) is 4.79 Å². The first-order valence-electron chi connectivity index (χ1n) is 5.39. The molecule has 0 aromatic carbocycles. The van der Waals surface area contributed by atoms with E-state index in [1.807, 2.05) is 0 Å². The van der Waals surface area contributed by atoms with E-state index in [4.69, 9.17) is 4.74 Å². The lowest BCUT2D eigenvalue weighted by Gasteiger charge is -2.32. The van der Waals surface area contributed by atoms with Crippen LogP contribution in [0.5, 0.6) is 0 Å². The van der Waals surface area contributed by atoms with Crippen molar-refractivity contribution < 1.29 is 9.53 Å². The molecule has 2 N–H and O–H groups in total. The second-order valence-corrected chi connectivity index (χ2v) is 3.85. The quantitative estimate of drug-likeness (QED) is 0.623. The van der Waals surface area contributed by atoms with Crippen molar-refractivity contribution in [2.45, 2.75) is 0 Å². The van der Waals surface area contributed by atoms with E-state index in [1.54, 1.807) is 0 Å². The van der Waals surface area contributed by atoms with E-state index in [1.165, 1.54) is 0 Å². The number of urea groups is 1. The maximum Gasteiger partial charge on any atom is 0.316 e. The fourth-order valence-corrected chi connectivity index (χ4v) is 1.75. The highest BCUT2D eigenvalue weighted by molar-refractivity contribution is 5.74. The minimum atomic E-state index is -0.0716. The molecule has 0 aromatic rings. The molecule has 0 aliphatic carbocycles. The minimum absolute atomic E-state index is 0.0716. The number of hydrogen-bond donors (Lipinski definition) is 2. The number of rotatable bonds is 3. The van der Waals surface area contributed by atoms with E-state index in [-0.39, 0.29) is 6.03 Å². The average Bonchev–Trinajstić information content (AvgIpc) is 2.30. The molecule has 2 saturated heterocycles. The molecule has 15 heavy (non-hydrogen) atoms. The summed E-state index contributed by atoms with van der Waals surface area (Å²) in [7, 11) is 0. The molecular weight excluding hydrogens is 196 g/mol. The summed E-state index contributed by atoms with van der Waals surface area (Å²) in [6.07, 6.45) is 0. The molecule has 2 amide bonds. The molecule has 0 atom stereocenters. The Labute approximate surface area is 89.5 Å². The van der Waals surface area contributed by atoms with E-state index >= 15 is 0 Å². The Morgan fingerprint density at radius 1 is 1.07 bits per heavy atom. The van der Waals surface area contributed by atoms with Crippen molar-refractivity contribution in [3.63, 3.8) is 0 Å². The third-order valence-corrected chi connectivity index (χ3v) is 2.76. The van der Waals surface area contributed by atoms with Crippen LogP contribution in [0, 0.1) is 0 Å². The molecule has 6 nitrogen and oxygen atoms in total. The molecule has 2 heterocycles. The Morgan fingerprint density at radius 2 is 1.67 bits per heavy atom. The number of nitrogens with zero attached hydrogens (tertiary/aromatic N) is 2. The zero-order valence-electron chi connectivity index (χ0n) is 8.87. The molecule has 2 rings (SSSR count). The molecule has 0 bridgehead atoms. The molecule has 0 spiro atoms. The lowest BCUT2D eigenvalue weighted by molar-refractivity contribution is 0.0321. The fourth-order valence-electron chi connectivity index (χ4n) is 1.75. The highest BCUT2D eigenvalue weighted by Crippen LogP contribution is 1.97. The number of carbonyl (C=O) groups excluding carboxylic acids is 1. The number of ether oxygens (including phenoxy) is 1. The Kier molecular flexibility index (Phi) is 3.76. The minimum Gasteiger partial charge on any atom is -0.379 e. The smallest absolute Gasteiger partial charge is 0.316 e. The van der Waals surface area contributed by atoms with Crippen molar-refractivity contribution >= 4 is 6.03 Å². The second kappa shape index (κ2) is 5.29. The Balaban J connectivity index is 1.62. The molecule has 86 valence electrons. The van der Waals surface area contributed by atoms with Crippen molar-refractivity contribution in [1.29, 1.82) is 0 Å². The standard InChI is InChI=1S/C9H18N4O2/c14-9-10-7-13(8-11-9)2-1-12-3-5-15-6-4-12/h1-8H2,(H2,10,11,14). The second-order valence-electron chi connectivity index (χ2n) is 3.85. The molecule has 2 aliphatic heterocycles. The zero-order chi connectivity index (χ0) is 10.5. The van der Waals surface area contributed by atoms with Crippen LogP contribution in [0.2, 0.25) is 0 Å². The van der Waals surface area contributed by atoms with E-state index < -0.39 is 0 Å². The third kappa shape index (κ3) is 3.33. The Bertz CT molecular complexity index is 208. The molecule has 0 unspecified atom stereocenters. The zero-order valence-corrected chi connectivity index (χ0v) is 8.87. The number of morpholine rings is 1. The fraction of sp³-hybridized carbons (Fsp3) is 0.889. The molecule has 0 saturated carbocycles. The summed E-state index contributed by atoms with van der Waals surface area (Å²) in [5, 5.41) is 5.50. The van der Waals surface area contributed by atoms with Crippen molar-refractivity contribution in [2.24, 2.45) is 0 Å². The van der Waals surface area contributed by atoms with Gasteiger partial charge < -0.3 is 15.4 Å². The molecular formula is C9H18N4O2. The van der Waals surface area contributed by atoms with E-state index in [0.717, 1.165) is 39.4 Å². The Morgan fingerprint density at radius 3 is 2.33 bits per heavy atom. The molecule has 0 aromatic heterocycles. The van der Waals surface area contributed by atoms with Gasteiger partial charge in [-0.15, -0.1) is 0 Å². The van der Waals surface area contributed by atoms with Gasteiger partial charge in [-0.1, -0.05) is 0 Å². The van der Waals surface area contributed by atoms with Gasteiger partial charge in [0.15, 0.2) is 0 Å². The van der Waals surface area contributed by atoms with E-state index in [0.29, 0.717) is 13.3 Å². The predicted octanol–water partition coefficient (Wildman–Crippen LogP) is -1.15. The highest BCUT2D eigenvalue weighted by atomic mass is 16.5. The lowest BCUT2D eigenvalue weighted by Crippen LogP contribution is -2.55. The van der Waals surface area contributed by atoms with Gasteiger partial charge >= 0.3 is 6.03 Å². The van der Waals surface area contributed by atoms with Crippen LogP contribution in [-0.2, 0) is 4.74 Å². The first-order valence-corrected chi connectivity index (χ1v) is 5.39.